The molecule has 0 spiro atoms. The molecule has 2 aromatic carbocycles. The van der Waals surface area contributed by atoms with Gasteiger partial charge in [0.25, 0.3) is 0 Å². The second kappa shape index (κ2) is 6.79. The molecule has 0 saturated carbocycles. The van der Waals surface area contributed by atoms with Gasteiger partial charge in [0.2, 0.25) is 0 Å². The molecule has 21 heavy (non-hydrogen) atoms. The van der Waals surface area contributed by atoms with Crippen molar-refractivity contribution in [2.24, 2.45) is 0 Å². The summed E-state index contributed by atoms with van der Waals surface area (Å²) in [6.07, 6.45) is 0. The molecule has 110 valence electrons. The minimum atomic E-state index is -0.394. The molecule has 0 aliphatic heterocycles. The number of benzene rings is 2. The second-order valence-electron chi connectivity index (χ2n) is 4.83. The first kappa shape index (κ1) is 14.9. The van der Waals surface area contributed by atoms with E-state index in [1.165, 1.54) is 5.56 Å². The van der Waals surface area contributed by atoms with Crippen molar-refractivity contribution in [1.29, 1.82) is 0 Å². The van der Waals surface area contributed by atoms with Gasteiger partial charge in [-0.1, -0.05) is 35.9 Å². The second-order valence-corrected chi connectivity index (χ2v) is 4.83. The third-order valence-corrected chi connectivity index (χ3v) is 3.17. The fourth-order valence-electron chi connectivity index (χ4n) is 2.13. The summed E-state index contributed by atoms with van der Waals surface area (Å²) in [5.41, 5.74) is 9.97. The van der Waals surface area contributed by atoms with Crippen LogP contribution in [0.5, 0.6) is 0 Å². The van der Waals surface area contributed by atoms with Crippen LogP contribution in [0.3, 0.4) is 0 Å². The van der Waals surface area contributed by atoms with E-state index in [9.17, 15) is 4.79 Å². The predicted octanol–water partition coefficient (Wildman–Crippen LogP) is 3.37. The Hall–Kier alpha value is -2.49. The average Bonchev–Trinajstić information content (AvgIpc) is 2.46. The number of nitrogens with two attached hydrogens (primary N) is 1. The maximum Gasteiger partial charge on any atom is 0.340 e. The normalized spacial score (nSPS) is 10.2. The van der Waals surface area contributed by atoms with E-state index in [1.54, 1.807) is 19.1 Å². The first-order chi connectivity index (χ1) is 10.1. The number of rotatable bonds is 5. The minimum Gasteiger partial charge on any atom is -0.462 e. The van der Waals surface area contributed by atoms with Crippen molar-refractivity contribution < 1.29 is 9.53 Å². The molecule has 0 unspecified atom stereocenters. The first-order valence-corrected chi connectivity index (χ1v) is 6.97. The van der Waals surface area contributed by atoms with Crippen LogP contribution in [0.4, 0.5) is 11.4 Å². The molecule has 0 fully saturated rings. The number of anilines is 2. The van der Waals surface area contributed by atoms with E-state index >= 15 is 0 Å². The Morgan fingerprint density at radius 3 is 2.71 bits per heavy atom. The van der Waals surface area contributed by atoms with Gasteiger partial charge in [0.15, 0.2) is 0 Å². The Morgan fingerprint density at radius 1 is 1.24 bits per heavy atom. The van der Waals surface area contributed by atoms with Crippen LogP contribution in [0.1, 0.15) is 28.4 Å². The van der Waals surface area contributed by atoms with Crippen molar-refractivity contribution in [3.63, 3.8) is 0 Å². The number of hydrogen-bond acceptors (Lipinski definition) is 4. The van der Waals surface area contributed by atoms with Crippen molar-refractivity contribution in [2.45, 2.75) is 20.4 Å². The molecule has 4 nitrogen and oxygen atoms in total. The molecule has 0 bridgehead atoms. The van der Waals surface area contributed by atoms with Crippen LogP contribution in [0.2, 0.25) is 0 Å². The lowest BCUT2D eigenvalue weighted by Crippen LogP contribution is -2.10. The molecule has 0 atom stereocenters. The highest BCUT2D eigenvalue weighted by Crippen LogP contribution is 2.24. The summed E-state index contributed by atoms with van der Waals surface area (Å²) in [7, 11) is 0. The Labute approximate surface area is 124 Å². The molecule has 4 heteroatoms. The molecule has 0 aliphatic rings. The van der Waals surface area contributed by atoms with Crippen LogP contribution in [-0.4, -0.2) is 12.6 Å². The smallest absolute Gasteiger partial charge is 0.340 e. The molecule has 0 amide bonds. The number of aryl methyl sites for hydroxylation is 1. The van der Waals surface area contributed by atoms with Crippen LogP contribution in [-0.2, 0) is 11.3 Å². The molecule has 0 saturated heterocycles. The van der Waals surface area contributed by atoms with E-state index in [2.05, 4.69) is 24.4 Å². The highest BCUT2D eigenvalue weighted by atomic mass is 16.5. The highest BCUT2D eigenvalue weighted by molar-refractivity contribution is 5.98. The molecular formula is C17H20N2O2. The molecule has 2 rings (SSSR count). The number of ether oxygens (including phenoxy) is 1. The zero-order valence-corrected chi connectivity index (χ0v) is 12.3. The lowest BCUT2D eigenvalue weighted by molar-refractivity contribution is 0.0527. The number of esters is 1. The highest BCUT2D eigenvalue weighted by Gasteiger charge is 2.13. The standard InChI is InChI=1S/C17H20N2O2/c1-3-21-17(20)14-8-5-9-15(16(14)18)19-11-13-7-4-6-12(2)10-13/h4-10,19H,3,11,18H2,1-2H3. The van der Waals surface area contributed by atoms with Gasteiger partial charge in [0.1, 0.15) is 0 Å². The topological polar surface area (TPSA) is 64.3 Å². The molecule has 3 N–H and O–H groups in total. The van der Waals surface area contributed by atoms with E-state index in [0.29, 0.717) is 24.4 Å². The lowest BCUT2D eigenvalue weighted by Gasteiger charge is -2.12. The third-order valence-electron chi connectivity index (χ3n) is 3.17. The van der Waals surface area contributed by atoms with E-state index < -0.39 is 5.97 Å². The average molecular weight is 284 g/mol. The zero-order chi connectivity index (χ0) is 15.2. The van der Waals surface area contributed by atoms with Gasteiger partial charge in [-0.2, -0.15) is 0 Å². The number of carbonyl (C=O) groups is 1. The summed E-state index contributed by atoms with van der Waals surface area (Å²) in [6.45, 7) is 4.81. The molecule has 0 aliphatic carbocycles. The van der Waals surface area contributed by atoms with Gasteiger partial charge < -0.3 is 15.8 Å². The molecule has 0 radical (unpaired) electrons. The van der Waals surface area contributed by atoms with Crippen LogP contribution < -0.4 is 11.1 Å². The fourth-order valence-corrected chi connectivity index (χ4v) is 2.13. The van der Waals surface area contributed by atoms with E-state index in [1.807, 2.05) is 18.2 Å². The summed E-state index contributed by atoms with van der Waals surface area (Å²) in [5, 5.41) is 3.26. The van der Waals surface area contributed by atoms with Gasteiger partial charge in [-0.05, 0) is 31.5 Å². The Balaban J connectivity index is 2.13. The van der Waals surface area contributed by atoms with Crippen molar-refractivity contribution in [3.05, 3.63) is 59.2 Å². The van der Waals surface area contributed by atoms with E-state index in [-0.39, 0.29) is 0 Å². The van der Waals surface area contributed by atoms with Gasteiger partial charge in [-0.25, -0.2) is 4.79 Å². The number of nitrogen functional groups attached to an aromatic ring is 1. The van der Waals surface area contributed by atoms with Gasteiger partial charge in [-0.15, -0.1) is 0 Å². The van der Waals surface area contributed by atoms with E-state index in [0.717, 1.165) is 11.3 Å². The van der Waals surface area contributed by atoms with Crippen molar-refractivity contribution >= 4 is 17.3 Å². The SMILES string of the molecule is CCOC(=O)c1cccc(NCc2cccc(C)c2)c1N. The maximum absolute atomic E-state index is 11.8. The summed E-state index contributed by atoms with van der Waals surface area (Å²) in [6, 6.07) is 13.5. The largest absolute Gasteiger partial charge is 0.462 e. The summed E-state index contributed by atoms with van der Waals surface area (Å²) in [5.74, 6) is -0.394. The Morgan fingerprint density at radius 2 is 2.00 bits per heavy atom. The van der Waals surface area contributed by atoms with Crippen molar-refractivity contribution in [3.8, 4) is 0 Å². The molecular weight excluding hydrogens is 264 g/mol. The number of para-hydroxylation sites is 1. The number of hydrogen-bond donors (Lipinski definition) is 2. The van der Waals surface area contributed by atoms with Crippen LogP contribution >= 0.6 is 0 Å². The first-order valence-electron chi connectivity index (χ1n) is 6.97. The van der Waals surface area contributed by atoms with Crippen LogP contribution in [0.15, 0.2) is 42.5 Å². The molecule has 2 aromatic rings. The summed E-state index contributed by atoms with van der Waals surface area (Å²) < 4.78 is 5.00. The molecule has 0 heterocycles. The predicted molar refractivity (Wildman–Crippen MR) is 85.3 cm³/mol. The molecule has 0 aromatic heterocycles. The number of nitrogens with one attached hydrogen (secondary N) is 1. The number of carbonyl (C=O) groups excluding carboxylic acids is 1. The van der Waals surface area contributed by atoms with Gasteiger partial charge in [0, 0.05) is 6.54 Å². The Kier molecular flexibility index (Phi) is 4.82. The van der Waals surface area contributed by atoms with Crippen molar-refractivity contribution in [2.75, 3.05) is 17.7 Å². The van der Waals surface area contributed by atoms with Crippen LogP contribution in [0, 0.1) is 6.92 Å². The van der Waals surface area contributed by atoms with Gasteiger partial charge in [-0.3, -0.25) is 0 Å². The van der Waals surface area contributed by atoms with Crippen molar-refractivity contribution in [1.82, 2.24) is 0 Å². The minimum absolute atomic E-state index is 0.333. The zero-order valence-electron chi connectivity index (χ0n) is 12.3. The maximum atomic E-state index is 11.8. The Bertz CT molecular complexity index is 638. The summed E-state index contributed by atoms with van der Waals surface area (Å²) >= 11 is 0. The van der Waals surface area contributed by atoms with Gasteiger partial charge in [0.05, 0.1) is 23.5 Å². The van der Waals surface area contributed by atoms with Gasteiger partial charge >= 0.3 is 5.97 Å². The third kappa shape index (κ3) is 3.75. The van der Waals surface area contributed by atoms with Crippen LogP contribution in [0.25, 0.3) is 0 Å². The lowest BCUT2D eigenvalue weighted by atomic mass is 10.1. The fraction of sp³-hybridized carbons (Fsp3) is 0.235. The summed E-state index contributed by atoms with van der Waals surface area (Å²) in [4.78, 5) is 11.8. The van der Waals surface area contributed by atoms with E-state index in [4.69, 9.17) is 10.5 Å². The monoisotopic (exact) mass is 284 g/mol. The quantitative estimate of drug-likeness (QED) is 0.652.